The number of rotatable bonds is 6. The largest absolute Gasteiger partial charge is 0.496 e. The van der Waals surface area contributed by atoms with Gasteiger partial charge in [-0.25, -0.2) is 9.37 Å². The van der Waals surface area contributed by atoms with Crippen molar-refractivity contribution in [3.63, 3.8) is 0 Å². The number of halogens is 1. The Hall–Kier alpha value is -2.90. The molecule has 1 atom stereocenters. The lowest BCUT2D eigenvalue weighted by molar-refractivity contribution is 0.205. The lowest BCUT2D eigenvalue weighted by Gasteiger charge is -2.37. The van der Waals surface area contributed by atoms with E-state index in [1.54, 1.807) is 36.2 Å². The van der Waals surface area contributed by atoms with E-state index in [9.17, 15) is 9.50 Å². The van der Waals surface area contributed by atoms with Crippen LogP contribution >= 0.6 is 0 Å². The van der Waals surface area contributed by atoms with E-state index in [2.05, 4.69) is 29.8 Å². The zero-order valence-corrected chi connectivity index (χ0v) is 19.2. The monoisotopic (exact) mass is 438 g/mol. The Morgan fingerprint density at radius 1 is 1.09 bits per heavy atom. The van der Waals surface area contributed by atoms with E-state index < -0.39 is 6.10 Å². The Labute approximate surface area is 188 Å². The molecule has 32 heavy (non-hydrogen) atoms. The average molecular weight is 439 g/mol. The van der Waals surface area contributed by atoms with Crippen LogP contribution in [0.5, 0.6) is 5.75 Å². The minimum absolute atomic E-state index is 0.314. The maximum atomic E-state index is 14.9. The lowest BCUT2D eigenvalue weighted by Crippen LogP contribution is -2.46. The Bertz CT molecular complexity index is 1090. The molecule has 1 fully saturated rings. The van der Waals surface area contributed by atoms with Gasteiger partial charge in [-0.2, -0.15) is 0 Å². The highest BCUT2D eigenvalue weighted by Gasteiger charge is 2.27. The summed E-state index contributed by atoms with van der Waals surface area (Å²) in [5.41, 5.74) is 4.73. The molecule has 0 saturated carbocycles. The molecular weight excluding hydrogens is 407 g/mol. The molecular formula is C25H31FN4O2. The van der Waals surface area contributed by atoms with Crippen LogP contribution in [0.15, 0.2) is 42.7 Å². The van der Waals surface area contributed by atoms with Crippen molar-refractivity contribution in [1.82, 2.24) is 14.5 Å². The molecule has 3 aromatic rings. The van der Waals surface area contributed by atoms with E-state index in [-0.39, 0.29) is 5.82 Å². The smallest absolute Gasteiger partial charge is 0.146 e. The van der Waals surface area contributed by atoms with Gasteiger partial charge >= 0.3 is 0 Å². The summed E-state index contributed by atoms with van der Waals surface area (Å²) in [5, 5.41) is 10.9. The van der Waals surface area contributed by atoms with E-state index in [4.69, 9.17) is 4.74 Å². The summed E-state index contributed by atoms with van der Waals surface area (Å²) in [4.78, 5) is 8.68. The number of anilines is 1. The molecule has 1 saturated heterocycles. The Morgan fingerprint density at radius 2 is 1.84 bits per heavy atom. The van der Waals surface area contributed by atoms with Gasteiger partial charge in [0.25, 0.3) is 0 Å². The van der Waals surface area contributed by atoms with Gasteiger partial charge in [0.1, 0.15) is 23.5 Å². The van der Waals surface area contributed by atoms with Gasteiger partial charge in [-0.05, 0) is 42.7 Å². The van der Waals surface area contributed by atoms with Crippen LogP contribution in [0.2, 0.25) is 0 Å². The van der Waals surface area contributed by atoms with Crippen LogP contribution < -0.4 is 9.64 Å². The second kappa shape index (κ2) is 9.30. The van der Waals surface area contributed by atoms with E-state index in [1.807, 2.05) is 18.0 Å². The van der Waals surface area contributed by atoms with Crippen molar-refractivity contribution in [2.24, 2.45) is 7.05 Å². The number of para-hydroxylation sites is 1. The van der Waals surface area contributed by atoms with E-state index >= 15 is 0 Å². The van der Waals surface area contributed by atoms with E-state index in [0.29, 0.717) is 30.2 Å². The molecule has 0 unspecified atom stereocenters. The van der Waals surface area contributed by atoms with E-state index in [1.165, 1.54) is 22.8 Å². The quantitative estimate of drug-likeness (QED) is 0.638. The van der Waals surface area contributed by atoms with Crippen molar-refractivity contribution in [3.05, 3.63) is 76.6 Å². The first-order chi connectivity index (χ1) is 15.4. The van der Waals surface area contributed by atoms with Gasteiger partial charge < -0.3 is 19.3 Å². The van der Waals surface area contributed by atoms with Crippen LogP contribution in [0.25, 0.3) is 0 Å². The summed E-state index contributed by atoms with van der Waals surface area (Å²) in [6.07, 6.45) is 2.43. The van der Waals surface area contributed by atoms with Gasteiger partial charge in [-0.3, -0.25) is 4.90 Å². The number of hydrogen-bond donors (Lipinski definition) is 1. The molecule has 0 radical (unpaired) electrons. The van der Waals surface area contributed by atoms with Crippen LogP contribution in [-0.4, -0.2) is 52.8 Å². The molecule has 0 aliphatic carbocycles. The second-order valence-electron chi connectivity index (χ2n) is 8.42. The zero-order chi connectivity index (χ0) is 22.8. The number of hydrogen-bond acceptors (Lipinski definition) is 5. The van der Waals surface area contributed by atoms with Crippen molar-refractivity contribution in [1.29, 1.82) is 0 Å². The summed E-state index contributed by atoms with van der Waals surface area (Å²) in [6.45, 7) is 8.08. The molecule has 0 amide bonds. The fraction of sp³-hybridized carbons (Fsp3) is 0.400. The number of piperazine rings is 1. The second-order valence-corrected chi connectivity index (χ2v) is 8.42. The van der Waals surface area contributed by atoms with Crippen LogP contribution in [0.1, 0.15) is 34.2 Å². The van der Waals surface area contributed by atoms with Gasteiger partial charge in [-0.15, -0.1) is 0 Å². The number of ether oxygens (including phenoxy) is 1. The van der Waals surface area contributed by atoms with Crippen LogP contribution in [0.4, 0.5) is 10.1 Å². The molecule has 1 N–H and O–H groups in total. The Kier molecular flexibility index (Phi) is 6.48. The SMILES string of the molecule is COc1ccc(CN2CCN(c3c(F)cccc3[C@H](O)c3nccn3C)CC2)c(C)c1C. The molecule has 2 heterocycles. The summed E-state index contributed by atoms with van der Waals surface area (Å²) in [5.74, 6) is 1.10. The minimum Gasteiger partial charge on any atom is -0.496 e. The first-order valence-corrected chi connectivity index (χ1v) is 10.9. The molecule has 4 rings (SSSR count). The third kappa shape index (κ3) is 4.23. The van der Waals surface area contributed by atoms with Crippen LogP contribution in [-0.2, 0) is 13.6 Å². The molecule has 2 aromatic carbocycles. The van der Waals surface area contributed by atoms with Crippen molar-refractivity contribution < 1.29 is 14.2 Å². The lowest BCUT2D eigenvalue weighted by atomic mass is 10.0. The Balaban J connectivity index is 1.49. The van der Waals surface area contributed by atoms with Gasteiger partial charge in [0.2, 0.25) is 0 Å². The van der Waals surface area contributed by atoms with Crippen molar-refractivity contribution >= 4 is 5.69 Å². The number of aryl methyl sites for hydroxylation is 1. The zero-order valence-electron chi connectivity index (χ0n) is 19.2. The number of methoxy groups -OCH3 is 1. The molecule has 1 aliphatic heterocycles. The first kappa shape index (κ1) is 22.3. The fourth-order valence-electron chi connectivity index (χ4n) is 4.48. The molecule has 170 valence electrons. The highest BCUT2D eigenvalue weighted by atomic mass is 19.1. The van der Waals surface area contributed by atoms with Gasteiger partial charge in [0.05, 0.1) is 12.8 Å². The Morgan fingerprint density at radius 3 is 2.50 bits per heavy atom. The van der Waals surface area contributed by atoms with Crippen LogP contribution in [0, 0.1) is 19.7 Å². The van der Waals surface area contributed by atoms with Crippen molar-refractivity contribution in [2.75, 3.05) is 38.2 Å². The predicted octanol–water partition coefficient (Wildman–Crippen LogP) is 3.59. The number of aliphatic hydroxyl groups excluding tert-OH is 1. The molecule has 0 bridgehead atoms. The first-order valence-electron chi connectivity index (χ1n) is 10.9. The van der Waals surface area contributed by atoms with Gasteiger partial charge in [-0.1, -0.05) is 18.2 Å². The van der Waals surface area contributed by atoms with Crippen molar-refractivity contribution in [2.45, 2.75) is 26.5 Å². The van der Waals surface area contributed by atoms with Crippen LogP contribution in [0.3, 0.4) is 0 Å². The topological polar surface area (TPSA) is 53.8 Å². The third-order valence-corrected chi connectivity index (χ3v) is 6.57. The summed E-state index contributed by atoms with van der Waals surface area (Å²) in [6, 6.07) is 9.04. The minimum atomic E-state index is -0.983. The molecule has 1 aromatic heterocycles. The number of nitrogens with zero attached hydrogens (tertiary/aromatic N) is 4. The maximum absolute atomic E-state index is 14.9. The third-order valence-electron chi connectivity index (χ3n) is 6.57. The summed E-state index contributed by atoms with van der Waals surface area (Å²) >= 11 is 0. The number of aromatic nitrogens is 2. The number of aliphatic hydroxyl groups is 1. The summed E-state index contributed by atoms with van der Waals surface area (Å²) < 4.78 is 22.1. The molecule has 1 aliphatic rings. The highest BCUT2D eigenvalue weighted by molar-refractivity contribution is 5.57. The molecule has 0 spiro atoms. The standard InChI is InChI=1S/C25H31FN4O2/c1-17-18(2)22(32-4)9-8-19(17)16-29-12-14-30(15-13-29)23-20(6-5-7-21(23)26)24(31)25-27-10-11-28(25)3/h5-11,24,31H,12-16H2,1-4H3/t24-/m0/s1. The van der Waals surface area contributed by atoms with Crippen molar-refractivity contribution in [3.8, 4) is 5.75 Å². The van der Waals surface area contributed by atoms with Gasteiger partial charge in [0, 0.05) is 57.7 Å². The highest BCUT2D eigenvalue weighted by Crippen LogP contribution is 2.33. The van der Waals surface area contributed by atoms with E-state index in [0.717, 1.165) is 25.4 Å². The molecule has 7 heteroatoms. The predicted molar refractivity (Wildman–Crippen MR) is 124 cm³/mol. The normalized spacial score (nSPS) is 15.8. The fourth-order valence-corrected chi connectivity index (χ4v) is 4.48. The van der Waals surface area contributed by atoms with Gasteiger partial charge in [0.15, 0.2) is 0 Å². The average Bonchev–Trinajstić information content (AvgIpc) is 3.23. The molecule has 6 nitrogen and oxygen atoms in total. The number of benzene rings is 2. The maximum Gasteiger partial charge on any atom is 0.146 e. The number of imidazole rings is 1. The summed E-state index contributed by atoms with van der Waals surface area (Å²) in [7, 11) is 3.52.